The van der Waals surface area contributed by atoms with Gasteiger partial charge in [-0.3, -0.25) is 4.79 Å². The van der Waals surface area contributed by atoms with Crippen LogP contribution in [0.5, 0.6) is 0 Å². The maximum atomic E-state index is 12.2. The Bertz CT molecular complexity index is 932. The largest absolute Gasteiger partial charge is 0.465 e. The number of amides is 1. The minimum absolute atomic E-state index is 0.156. The van der Waals surface area contributed by atoms with Crippen LogP contribution in [-0.4, -0.2) is 24.0 Å². The van der Waals surface area contributed by atoms with Crippen molar-refractivity contribution in [2.24, 2.45) is 0 Å². The minimum Gasteiger partial charge on any atom is -0.465 e. The number of hydrogen-bond donors (Lipinski definition) is 1. The Labute approximate surface area is 155 Å². The highest BCUT2D eigenvalue weighted by Gasteiger charge is 2.10. The van der Waals surface area contributed by atoms with Crippen molar-refractivity contribution in [1.29, 1.82) is 0 Å². The molecule has 26 heavy (non-hydrogen) atoms. The van der Waals surface area contributed by atoms with Crippen LogP contribution in [0.1, 0.15) is 21.6 Å². The smallest absolute Gasteiger partial charge is 0.337 e. The lowest BCUT2D eigenvalue weighted by Crippen LogP contribution is -2.14. The fourth-order valence-corrected chi connectivity index (χ4v) is 3.29. The Morgan fingerprint density at radius 2 is 1.92 bits per heavy atom. The predicted molar refractivity (Wildman–Crippen MR) is 102 cm³/mol. The summed E-state index contributed by atoms with van der Waals surface area (Å²) in [6, 6.07) is 14.7. The van der Waals surface area contributed by atoms with Gasteiger partial charge in [0, 0.05) is 16.6 Å². The molecule has 132 valence electrons. The third kappa shape index (κ3) is 4.34. The van der Waals surface area contributed by atoms with Crippen LogP contribution >= 0.6 is 11.3 Å². The maximum Gasteiger partial charge on any atom is 0.337 e. The Balaban J connectivity index is 1.63. The summed E-state index contributed by atoms with van der Waals surface area (Å²) in [7, 11) is 1.33. The average molecular weight is 366 g/mol. The van der Waals surface area contributed by atoms with E-state index in [1.807, 2.05) is 30.5 Å². The molecule has 1 N–H and O–H groups in total. The van der Waals surface area contributed by atoms with E-state index in [1.54, 1.807) is 24.3 Å². The van der Waals surface area contributed by atoms with Gasteiger partial charge in [0.25, 0.3) is 0 Å². The molecular formula is C20H18N2O3S. The molecule has 0 unspecified atom stereocenters. The second kappa shape index (κ2) is 7.93. The number of carbonyl (C=O) groups excluding carboxylic acids is 2. The average Bonchev–Trinajstić information content (AvgIpc) is 3.10. The molecule has 1 heterocycles. The number of anilines is 1. The quantitative estimate of drug-likeness (QED) is 0.691. The molecule has 0 aliphatic rings. The van der Waals surface area contributed by atoms with Crippen molar-refractivity contribution in [3.05, 3.63) is 70.7 Å². The molecule has 0 aliphatic carbocycles. The maximum absolute atomic E-state index is 12.2. The summed E-state index contributed by atoms with van der Waals surface area (Å²) in [5, 5.41) is 5.61. The van der Waals surface area contributed by atoms with Crippen molar-refractivity contribution >= 4 is 28.9 Å². The van der Waals surface area contributed by atoms with Crippen LogP contribution < -0.4 is 5.32 Å². The second-order valence-electron chi connectivity index (χ2n) is 5.81. The normalized spacial score (nSPS) is 10.4. The van der Waals surface area contributed by atoms with Gasteiger partial charge in [0.05, 0.1) is 24.8 Å². The summed E-state index contributed by atoms with van der Waals surface area (Å²) < 4.78 is 4.65. The van der Waals surface area contributed by atoms with Crippen molar-refractivity contribution in [3.8, 4) is 10.6 Å². The number of methoxy groups -OCH3 is 1. The summed E-state index contributed by atoms with van der Waals surface area (Å²) in [6.45, 7) is 2.04. The highest BCUT2D eigenvalue weighted by molar-refractivity contribution is 7.13. The molecule has 0 radical (unpaired) electrons. The van der Waals surface area contributed by atoms with Gasteiger partial charge in [-0.1, -0.05) is 23.8 Å². The number of esters is 1. The second-order valence-corrected chi connectivity index (χ2v) is 6.67. The van der Waals surface area contributed by atoms with Crippen LogP contribution in [0.15, 0.2) is 53.9 Å². The van der Waals surface area contributed by atoms with Gasteiger partial charge in [0.1, 0.15) is 5.01 Å². The minimum atomic E-state index is -0.408. The number of hydrogen-bond acceptors (Lipinski definition) is 5. The lowest BCUT2D eigenvalue weighted by molar-refractivity contribution is -0.115. The molecule has 6 heteroatoms. The van der Waals surface area contributed by atoms with Crippen molar-refractivity contribution in [3.63, 3.8) is 0 Å². The van der Waals surface area contributed by atoms with Gasteiger partial charge < -0.3 is 10.1 Å². The van der Waals surface area contributed by atoms with Crippen LogP contribution in [-0.2, 0) is 16.0 Å². The molecular weight excluding hydrogens is 348 g/mol. The summed E-state index contributed by atoms with van der Waals surface area (Å²) in [6.07, 6.45) is 0.196. The number of benzene rings is 2. The molecule has 3 rings (SSSR count). The topological polar surface area (TPSA) is 68.3 Å². The monoisotopic (exact) mass is 366 g/mol. The van der Waals surface area contributed by atoms with Gasteiger partial charge in [0.2, 0.25) is 5.91 Å². The van der Waals surface area contributed by atoms with Crippen LogP contribution in [0.2, 0.25) is 0 Å². The van der Waals surface area contributed by atoms with E-state index in [-0.39, 0.29) is 12.3 Å². The molecule has 0 aliphatic heterocycles. The van der Waals surface area contributed by atoms with Gasteiger partial charge in [-0.25, -0.2) is 9.78 Å². The lowest BCUT2D eigenvalue weighted by Gasteiger charge is -2.05. The third-order valence-corrected chi connectivity index (χ3v) is 4.69. The van der Waals surface area contributed by atoms with Gasteiger partial charge in [-0.05, 0) is 37.3 Å². The first kappa shape index (κ1) is 17.8. The van der Waals surface area contributed by atoms with E-state index in [0.717, 1.165) is 16.3 Å². The number of rotatable bonds is 5. The van der Waals surface area contributed by atoms with E-state index >= 15 is 0 Å². The predicted octanol–water partition coefficient (Wildman–Crippen LogP) is 4.09. The first-order valence-corrected chi connectivity index (χ1v) is 8.93. The summed E-state index contributed by atoms with van der Waals surface area (Å²) in [5.74, 6) is -0.564. The van der Waals surface area contributed by atoms with Crippen molar-refractivity contribution in [2.45, 2.75) is 13.3 Å². The Morgan fingerprint density at radius 3 is 2.62 bits per heavy atom. The van der Waals surface area contributed by atoms with Crippen molar-refractivity contribution in [2.75, 3.05) is 12.4 Å². The molecule has 0 spiro atoms. The van der Waals surface area contributed by atoms with Crippen molar-refractivity contribution in [1.82, 2.24) is 4.98 Å². The Hall–Kier alpha value is -2.99. The molecule has 1 aromatic heterocycles. The van der Waals surface area contributed by atoms with E-state index in [1.165, 1.54) is 24.0 Å². The number of carbonyl (C=O) groups is 2. The zero-order valence-electron chi connectivity index (χ0n) is 14.5. The zero-order chi connectivity index (χ0) is 18.5. The van der Waals surface area contributed by atoms with Crippen LogP contribution in [0.3, 0.4) is 0 Å². The SMILES string of the molecule is COC(=O)c1ccc(NC(=O)Cc2csc(-c3cccc(C)c3)n2)cc1. The van der Waals surface area contributed by atoms with E-state index < -0.39 is 5.97 Å². The number of aromatic nitrogens is 1. The number of thiazole rings is 1. The van der Waals surface area contributed by atoms with Gasteiger partial charge in [-0.2, -0.15) is 0 Å². The van der Waals surface area contributed by atoms with E-state index in [4.69, 9.17) is 0 Å². The molecule has 2 aromatic carbocycles. The highest BCUT2D eigenvalue weighted by atomic mass is 32.1. The van der Waals surface area contributed by atoms with Gasteiger partial charge in [-0.15, -0.1) is 11.3 Å². The molecule has 5 nitrogen and oxygen atoms in total. The molecule has 3 aromatic rings. The lowest BCUT2D eigenvalue weighted by atomic mass is 10.1. The van der Waals surface area contributed by atoms with Gasteiger partial charge in [0.15, 0.2) is 0 Å². The summed E-state index contributed by atoms with van der Waals surface area (Å²) in [5.41, 5.74) is 4.02. The first-order chi connectivity index (χ1) is 12.5. The summed E-state index contributed by atoms with van der Waals surface area (Å²) >= 11 is 1.52. The molecule has 0 saturated carbocycles. The fourth-order valence-electron chi connectivity index (χ4n) is 2.48. The molecule has 0 fully saturated rings. The molecule has 0 bridgehead atoms. The van der Waals surface area contributed by atoms with E-state index in [2.05, 4.69) is 21.1 Å². The van der Waals surface area contributed by atoms with E-state index in [0.29, 0.717) is 11.3 Å². The third-order valence-electron chi connectivity index (χ3n) is 3.75. The molecule has 0 saturated heterocycles. The van der Waals surface area contributed by atoms with Crippen molar-refractivity contribution < 1.29 is 14.3 Å². The number of nitrogens with one attached hydrogen (secondary N) is 1. The highest BCUT2D eigenvalue weighted by Crippen LogP contribution is 2.24. The van der Waals surface area contributed by atoms with Crippen LogP contribution in [0, 0.1) is 6.92 Å². The number of aryl methyl sites for hydroxylation is 1. The standard InChI is InChI=1S/C20H18N2O3S/c1-13-4-3-5-15(10-13)19-22-17(12-26-19)11-18(23)21-16-8-6-14(7-9-16)20(24)25-2/h3-10,12H,11H2,1-2H3,(H,21,23). The fraction of sp³-hybridized carbons (Fsp3) is 0.150. The Kier molecular flexibility index (Phi) is 5.43. The van der Waals surface area contributed by atoms with Crippen LogP contribution in [0.25, 0.3) is 10.6 Å². The number of nitrogens with zero attached hydrogens (tertiary/aromatic N) is 1. The van der Waals surface area contributed by atoms with Gasteiger partial charge >= 0.3 is 5.97 Å². The zero-order valence-corrected chi connectivity index (χ0v) is 15.3. The molecule has 1 amide bonds. The number of ether oxygens (including phenoxy) is 1. The molecule has 0 atom stereocenters. The van der Waals surface area contributed by atoms with Crippen LogP contribution in [0.4, 0.5) is 5.69 Å². The van der Waals surface area contributed by atoms with E-state index in [9.17, 15) is 9.59 Å². The first-order valence-electron chi connectivity index (χ1n) is 8.05. The Morgan fingerprint density at radius 1 is 1.15 bits per heavy atom. The summed E-state index contributed by atoms with van der Waals surface area (Å²) in [4.78, 5) is 28.2.